The molecule has 1 heterocycles. The monoisotopic (exact) mass is 576 g/mol. The van der Waals surface area contributed by atoms with E-state index in [1.165, 1.54) is 17.0 Å². The van der Waals surface area contributed by atoms with Gasteiger partial charge in [0.2, 0.25) is 11.8 Å². The summed E-state index contributed by atoms with van der Waals surface area (Å²) in [5.74, 6) is -3.30. The third kappa shape index (κ3) is 4.03. The van der Waals surface area contributed by atoms with Gasteiger partial charge in [0, 0.05) is 22.5 Å². The van der Waals surface area contributed by atoms with Crippen molar-refractivity contribution in [1.82, 2.24) is 0 Å². The number of rotatable bonds is 5. The highest BCUT2D eigenvalue weighted by Gasteiger charge is 2.61. The topological polar surface area (TPSA) is 92.8 Å². The van der Waals surface area contributed by atoms with Crippen LogP contribution in [0.2, 0.25) is 5.02 Å². The Bertz CT molecular complexity index is 1700. The molecular formula is C34H25ClN2O5. The second kappa shape index (κ2) is 9.96. The molecule has 0 radical (unpaired) electrons. The predicted molar refractivity (Wildman–Crippen MR) is 158 cm³/mol. The number of hydrogen-bond acceptors (Lipinski definition) is 5. The van der Waals surface area contributed by atoms with E-state index in [0.29, 0.717) is 16.4 Å². The molecule has 2 atom stereocenters. The van der Waals surface area contributed by atoms with Gasteiger partial charge in [-0.15, -0.1) is 0 Å². The molecule has 0 spiro atoms. The number of hydrogen-bond donors (Lipinski definition) is 1. The third-order valence-corrected chi connectivity index (χ3v) is 8.99. The Morgan fingerprint density at radius 1 is 0.786 bits per heavy atom. The van der Waals surface area contributed by atoms with Crippen LogP contribution < -0.4 is 10.2 Å². The van der Waals surface area contributed by atoms with Gasteiger partial charge >= 0.3 is 5.97 Å². The maximum atomic E-state index is 14.0. The second-order valence-electron chi connectivity index (χ2n) is 10.9. The second-order valence-corrected chi connectivity index (χ2v) is 11.3. The number of aryl methyl sites for hydroxylation is 1. The van der Waals surface area contributed by atoms with E-state index in [1.54, 1.807) is 30.3 Å². The summed E-state index contributed by atoms with van der Waals surface area (Å²) in [5, 5.41) is 3.15. The molecule has 2 bridgehead atoms. The van der Waals surface area contributed by atoms with Gasteiger partial charge in [-0.3, -0.25) is 14.4 Å². The van der Waals surface area contributed by atoms with E-state index in [1.807, 2.05) is 31.2 Å². The first-order chi connectivity index (χ1) is 20.3. The van der Waals surface area contributed by atoms with Crippen LogP contribution in [-0.4, -0.2) is 30.3 Å². The highest BCUT2D eigenvalue weighted by Crippen LogP contribution is 2.61. The number of amides is 3. The normalized spacial score (nSPS) is 21.4. The van der Waals surface area contributed by atoms with E-state index in [9.17, 15) is 19.2 Å². The standard InChI is InChI=1S/C34H25ClN2O5/c1-18-13-14-20(16-26(18)35)36-27(38)17-42-34(41)19-7-6-8-21(15-19)37-32(39)30-28-22-9-2-3-10-23(22)29(31(30)33(37)40)25-12-5-4-11-24(25)28/h2-16,28-31H,17H2,1H3,(H,36,38)/t28?,29?,30-,31-/m1/s1. The van der Waals surface area contributed by atoms with Crippen molar-refractivity contribution in [1.29, 1.82) is 0 Å². The number of halogens is 1. The molecule has 1 N–H and O–H groups in total. The Balaban J connectivity index is 1.12. The maximum Gasteiger partial charge on any atom is 0.338 e. The highest BCUT2D eigenvalue weighted by atomic mass is 35.5. The fourth-order valence-electron chi connectivity index (χ4n) is 6.79. The first-order valence-corrected chi connectivity index (χ1v) is 14.1. The van der Waals surface area contributed by atoms with Crippen LogP contribution in [0, 0.1) is 18.8 Å². The number of imide groups is 1. The van der Waals surface area contributed by atoms with Gasteiger partial charge in [-0.05, 0) is 65.1 Å². The highest BCUT2D eigenvalue weighted by molar-refractivity contribution is 6.31. The fraction of sp³-hybridized carbons (Fsp3) is 0.176. The van der Waals surface area contributed by atoms with Crippen molar-refractivity contribution in [2.45, 2.75) is 18.8 Å². The van der Waals surface area contributed by atoms with Crippen LogP contribution in [0.3, 0.4) is 0 Å². The van der Waals surface area contributed by atoms with Crippen molar-refractivity contribution in [2.24, 2.45) is 11.8 Å². The number of nitrogens with zero attached hydrogens (tertiary/aromatic N) is 1. The number of carbonyl (C=O) groups is 4. The van der Waals surface area contributed by atoms with Crippen LogP contribution in [0.15, 0.2) is 91.0 Å². The molecule has 4 aromatic rings. The van der Waals surface area contributed by atoms with Crippen LogP contribution in [-0.2, 0) is 19.1 Å². The van der Waals surface area contributed by atoms with Gasteiger partial charge in [0.25, 0.3) is 5.91 Å². The van der Waals surface area contributed by atoms with Gasteiger partial charge in [-0.2, -0.15) is 0 Å². The Morgan fingerprint density at radius 2 is 1.36 bits per heavy atom. The molecule has 1 saturated heterocycles. The molecule has 8 rings (SSSR count). The molecule has 4 aliphatic rings. The van der Waals surface area contributed by atoms with Crippen LogP contribution >= 0.6 is 11.6 Å². The van der Waals surface area contributed by atoms with Gasteiger partial charge in [-0.25, -0.2) is 9.69 Å². The van der Waals surface area contributed by atoms with Crippen molar-refractivity contribution in [3.05, 3.63) is 129 Å². The number of anilines is 2. The Labute approximate surface area is 247 Å². The van der Waals surface area contributed by atoms with Crippen LogP contribution in [0.1, 0.15) is 50.0 Å². The molecule has 3 amide bonds. The number of nitrogens with one attached hydrogen (secondary N) is 1. The fourth-order valence-corrected chi connectivity index (χ4v) is 6.97. The minimum atomic E-state index is -0.745. The van der Waals surface area contributed by atoms with E-state index in [-0.39, 0.29) is 29.2 Å². The van der Waals surface area contributed by atoms with Gasteiger partial charge < -0.3 is 10.1 Å². The smallest absolute Gasteiger partial charge is 0.338 e. The first kappa shape index (κ1) is 26.2. The summed E-state index contributed by atoms with van der Waals surface area (Å²) < 4.78 is 5.24. The van der Waals surface area contributed by atoms with Crippen molar-refractivity contribution < 1.29 is 23.9 Å². The molecule has 3 aliphatic carbocycles. The Kier molecular flexibility index (Phi) is 6.21. The zero-order valence-electron chi connectivity index (χ0n) is 22.5. The SMILES string of the molecule is Cc1ccc(NC(=O)COC(=O)c2cccc(N3C(=O)[C@@H]4C5c6ccccc6C(c6ccccc65)[C@H]4C3=O)c2)cc1Cl. The summed E-state index contributed by atoms with van der Waals surface area (Å²) in [7, 11) is 0. The summed E-state index contributed by atoms with van der Waals surface area (Å²) in [4.78, 5) is 54.5. The summed E-state index contributed by atoms with van der Waals surface area (Å²) in [6.45, 7) is 1.34. The van der Waals surface area contributed by atoms with E-state index in [4.69, 9.17) is 16.3 Å². The van der Waals surface area contributed by atoms with Crippen LogP contribution in [0.5, 0.6) is 0 Å². The van der Waals surface area contributed by atoms with E-state index in [2.05, 4.69) is 29.6 Å². The summed E-state index contributed by atoms with van der Waals surface area (Å²) in [6, 6.07) is 27.4. The Morgan fingerprint density at radius 3 is 1.90 bits per heavy atom. The minimum absolute atomic E-state index is 0.128. The van der Waals surface area contributed by atoms with Crippen molar-refractivity contribution in [3.63, 3.8) is 0 Å². The molecule has 7 nitrogen and oxygen atoms in total. The zero-order chi connectivity index (χ0) is 29.1. The summed E-state index contributed by atoms with van der Waals surface area (Å²) in [5.41, 5.74) is 6.16. The maximum absolute atomic E-state index is 14.0. The summed E-state index contributed by atoms with van der Waals surface area (Å²) in [6.07, 6.45) is 0. The van der Waals surface area contributed by atoms with E-state index < -0.39 is 30.3 Å². The van der Waals surface area contributed by atoms with Crippen LogP contribution in [0.25, 0.3) is 0 Å². The molecule has 0 unspecified atom stereocenters. The zero-order valence-corrected chi connectivity index (χ0v) is 23.3. The lowest BCUT2D eigenvalue weighted by Gasteiger charge is -2.45. The van der Waals surface area contributed by atoms with Gasteiger partial charge in [0.1, 0.15) is 0 Å². The first-order valence-electron chi connectivity index (χ1n) is 13.7. The number of esters is 1. The number of ether oxygens (including phenoxy) is 1. The lowest BCUT2D eigenvalue weighted by molar-refractivity contribution is -0.122. The number of carbonyl (C=O) groups excluding carboxylic acids is 4. The molecule has 0 aromatic heterocycles. The average Bonchev–Trinajstić information content (AvgIpc) is 3.27. The minimum Gasteiger partial charge on any atom is -0.452 e. The molecule has 42 heavy (non-hydrogen) atoms. The molecule has 0 saturated carbocycles. The molecule has 1 fully saturated rings. The largest absolute Gasteiger partial charge is 0.452 e. The lowest BCUT2D eigenvalue weighted by atomic mass is 9.55. The molecule has 8 heteroatoms. The average molecular weight is 577 g/mol. The molecule has 208 valence electrons. The van der Waals surface area contributed by atoms with Gasteiger partial charge in [-0.1, -0.05) is 72.3 Å². The van der Waals surface area contributed by atoms with E-state index in [0.717, 1.165) is 27.8 Å². The lowest BCUT2D eigenvalue weighted by Crippen LogP contribution is -2.41. The van der Waals surface area contributed by atoms with E-state index >= 15 is 0 Å². The molecule has 1 aliphatic heterocycles. The van der Waals surface area contributed by atoms with Crippen molar-refractivity contribution >= 4 is 46.7 Å². The predicted octanol–water partition coefficient (Wildman–Crippen LogP) is 5.84. The van der Waals surface area contributed by atoms with Crippen LogP contribution in [0.4, 0.5) is 11.4 Å². The van der Waals surface area contributed by atoms with Crippen molar-refractivity contribution in [2.75, 3.05) is 16.8 Å². The van der Waals surface area contributed by atoms with Crippen molar-refractivity contribution in [3.8, 4) is 0 Å². The third-order valence-electron chi connectivity index (χ3n) is 8.58. The quantitative estimate of drug-likeness (QED) is 0.238. The van der Waals surface area contributed by atoms with Gasteiger partial charge in [0.15, 0.2) is 6.61 Å². The molecule has 4 aromatic carbocycles. The Hall–Kier alpha value is -4.75. The summed E-state index contributed by atoms with van der Waals surface area (Å²) >= 11 is 6.11. The van der Waals surface area contributed by atoms with Gasteiger partial charge in [0.05, 0.1) is 23.1 Å². The number of benzene rings is 4. The molecular weight excluding hydrogens is 552 g/mol.